The van der Waals surface area contributed by atoms with E-state index in [0.717, 1.165) is 25.9 Å². The molecule has 0 amide bonds. The van der Waals surface area contributed by atoms with Gasteiger partial charge in [0.1, 0.15) is 0 Å². The smallest absolute Gasteiger partial charge is 0.282 e. The van der Waals surface area contributed by atoms with Gasteiger partial charge in [0.15, 0.2) is 0 Å². The lowest BCUT2D eigenvalue weighted by molar-refractivity contribution is -0.0194. The molecule has 1 N–H and O–H groups in total. The summed E-state index contributed by atoms with van der Waals surface area (Å²) in [6, 6.07) is -0.0781. The molecule has 2 saturated heterocycles. The Bertz CT molecular complexity index is 421. The van der Waals surface area contributed by atoms with Crippen LogP contribution in [0.2, 0.25) is 0 Å². The molecule has 0 saturated carbocycles. The second-order valence-corrected chi connectivity index (χ2v) is 8.10. The Morgan fingerprint density at radius 1 is 1.24 bits per heavy atom. The average Bonchev–Trinajstić information content (AvgIpc) is 2.48. The largest absolute Gasteiger partial charge is 0.375 e. The summed E-state index contributed by atoms with van der Waals surface area (Å²) < 4.78 is 34.4. The molecule has 0 aromatic carbocycles. The van der Waals surface area contributed by atoms with Crippen LogP contribution in [0.15, 0.2) is 0 Å². The summed E-state index contributed by atoms with van der Waals surface area (Å²) in [7, 11) is -3.34. The van der Waals surface area contributed by atoms with Crippen LogP contribution in [0, 0.1) is 5.92 Å². The number of morpholine rings is 1. The van der Waals surface area contributed by atoms with Crippen molar-refractivity contribution in [3.8, 4) is 0 Å². The maximum absolute atomic E-state index is 12.8. The Kier molecular flexibility index (Phi) is 6.02. The summed E-state index contributed by atoms with van der Waals surface area (Å²) in [5, 5.41) is 3.35. The highest BCUT2D eigenvalue weighted by atomic mass is 32.2. The maximum Gasteiger partial charge on any atom is 0.282 e. The Balaban J connectivity index is 1.94. The Morgan fingerprint density at radius 3 is 2.52 bits per heavy atom. The average molecular weight is 319 g/mol. The normalized spacial score (nSPS) is 30.6. The molecule has 2 aliphatic heterocycles. The van der Waals surface area contributed by atoms with Gasteiger partial charge in [0.2, 0.25) is 0 Å². The molecule has 0 aliphatic carbocycles. The van der Waals surface area contributed by atoms with E-state index in [2.05, 4.69) is 12.2 Å². The quantitative estimate of drug-likeness (QED) is 0.809. The first-order valence-corrected chi connectivity index (χ1v) is 9.44. The Morgan fingerprint density at radius 2 is 1.90 bits per heavy atom. The molecule has 0 bridgehead atoms. The van der Waals surface area contributed by atoms with Gasteiger partial charge in [-0.3, -0.25) is 0 Å². The minimum Gasteiger partial charge on any atom is -0.375 e. The monoisotopic (exact) mass is 319 g/mol. The molecule has 21 heavy (non-hydrogen) atoms. The lowest BCUT2D eigenvalue weighted by Gasteiger charge is -2.40. The van der Waals surface area contributed by atoms with Gasteiger partial charge in [-0.25, -0.2) is 0 Å². The van der Waals surface area contributed by atoms with E-state index in [1.54, 1.807) is 8.61 Å². The summed E-state index contributed by atoms with van der Waals surface area (Å²) in [5.41, 5.74) is 0. The molecule has 0 spiro atoms. The molecule has 0 radical (unpaired) electrons. The third kappa shape index (κ3) is 4.16. The number of hydrogen-bond acceptors (Lipinski definition) is 4. The van der Waals surface area contributed by atoms with Gasteiger partial charge in [-0.05, 0) is 45.7 Å². The number of hydrogen-bond donors (Lipinski definition) is 1. The fourth-order valence-corrected chi connectivity index (χ4v) is 4.92. The van der Waals surface area contributed by atoms with Gasteiger partial charge in [-0.15, -0.1) is 0 Å². The number of ether oxygens (including phenoxy) is 1. The second kappa shape index (κ2) is 7.37. The van der Waals surface area contributed by atoms with Crippen molar-refractivity contribution in [2.45, 2.75) is 45.8 Å². The zero-order valence-corrected chi connectivity index (χ0v) is 14.2. The van der Waals surface area contributed by atoms with Crippen LogP contribution < -0.4 is 5.32 Å². The Hall–Kier alpha value is -0.210. The van der Waals surface area contributed by atoms with E-state index >= 15 is 0 Å². The van der Waals surface area contributed by atoms with E-state index in [4.69, 9.17) is 4.74 Å². The van der Waals surface area contributed by atoms with Gasteiger partial charge >= 0.3 is 0 Å². The van der Waals surface area contributed by atoms with E-state index < -0.39 is 10.2 Å². The molecular weight excluding hydrogens is 290 g/mol. The third-order valence-corrected chi connectivity index (χ3v) is 6.55. The van der Waals surface area contributed by atoms with E-state index in [9.17, 15) is 8.42 Å². The molecule has 2 fully saturated rings. The van der Waals surface area contributed by atoms with Crippen LogP contribution in [0.3, 0.4) is 0 Å². The summed E-state index contributed by atoms with van der Waals surface area (Å²) in [5.74, 6) is 0.595. The lowest BCUT2D eigenvalue weighted by atomic mass is 9.98. The van der Waals surface area contributed by atoms with Crippen molar-refractivity contribution in [3.63, 3.8) is 0 Å². The highest BCUT2D eigenvalue weighted by Crippen LogP contribution is 2.24. The second-order valence-electron chi connectivity index (χ2n) is 6.22. The fourth-order valence-electron chi connectivity index (χ4n) is 3.04. The number of nitrogens with one attached hydrogen (secondary N) is 1. The number of piperidine rings is 1. The van der Waals surface area contributed by atoms with Crippen LogP contribution in [0.25, 0.3) is 0 Å². The first kappa shape index (κ1) is 17.1. The van der Waals surface area contributed by atoms with Crippen molar-refractivity contribution < 1.29 is 13.2 Å². The molecule has 7 heteroatoms. The van der Waals surface area contributed by atoms with Crippen molar-refractivity contribution in [2.75, 3.05) is 39.3 Å². The van der Waals surface area contributed by atoms with Crippen LogP contribution in [0.5, 0.6) is 0 Å². The fraction of sp³-hybridized carbons (Fsp3) is 1.00. The molecule has 2 aliphatic rings. The molecule has 2 rings (SSSR count). The lowest BCUT2D eigenvalue weighted by Crippen LogP contribution is -2.56. The van der Waals surface area contributed by atoms with E-state index in [0.29, 0.717) is 32.2 Å². The molecular formula is C14H29N3O3S. The van der Waals surface area contributed by atoms with Crippen LogP contribution in [0.1, 0.15) is 33.6 Å². The number of nitrogens with zero attached hydrogens (tertiary/aromatic N) is 2. The first-order chi connectivity index (χ1) is 9.95. The zero-order valence-electron chi connectivity index (χ0n) is 13.4. The summed E-state index contributed by atoms with van der Waals surface area (Å²) in [6.45, 7) is 10.1. The predicted octanol–water partition coefficient (Wildman–Crippen LogP) is 0.662. The van der Waals surface area contributed by atoms with Crippen molar-refractivity contribution in [1.82, 2.24) is 13.9 Å². The van der Waals surface area contributed by atoms with Crippen LogP contribution >= 0.6 is 0 Å². The van der Waals surface area contributed by atoms with Crippen LogP contribution in [-0.4, -0.2) is 68.5 Å². The minimum atomic E-state index is -3.34. The number of rotatable bonds is 5. The molecule has 6 nitrogen and oxygen atoms in total. The molecule has 2 unspecified atom stereocenters. The molecule has 2 atom stereocenters. The molecule has 2 heterocycles. The van der Waals surface area contributed by atoms with Gasteiger partial charge in [0, 0.05) is 25.7 Å². The van der Waals surface area contributed by atoms with Crippen molar-refractivity contribution in [2.24, 2.45) is 5.92 Å². The SMILES string of the molecule is CCNCC1CCN(S(=O)(=O)N2CC(C)OCC2C)CC1. The predicted molar refractivity (Wildman–Crippen MR) is 83.3 cm³/mol. The van der Waals surface area contributed by atoms with Gasteiger partial charge in [0.25, 0.3) is 10.2 Å². The van der Waals surface area contributed by atoms with Crippen molar-refractivity contribution in [3.05, 3.63) is 0 Å². The van der Waals surface area contributed by atoms with Gasteiger partial charge < -0.3 is 10.1 Å². The van der Waals surface area contributed by atoms with Gasteiger partial charge in [-0.2, -0.15) is 17.0 Å². The van der Waals surface area contributed by atoms with Crippen molar-refractivity contribution in [1.29, 1.82) is 0 Å². The zero-order chi connectivity index (χ0) is 15.5. The third-order valence-electron chi connectivity index (χ3n) is 4.43. The summed E-state index contributed by atoms with van der Waals surface area (Å²) in [6.07, 6.45) is 1.86. The van der Waals surface area contributed by atoms with Gasteiger partial charge in [0.05, 0.1) is 12.7 Å². The van der Waals surface area contributed by atoms with E-state index in [1.165, 1.54) is 0 Å². The van der Waals surface area contributed by atoms with Crippen molar-refractivity contribution >= 4 is 10.2 Å². The standard InChI is InChI=1S/C14H29N3O3S/c1-4-15-9-14-5-7-16(8-6-14)21(18,19)17-10-13(3)20-11-12(17)2/h12-15H,4-11H2,1-3H3. The molecule has 0 aromatic rings. The van der Waals surface area contributed by atoms with Crippen LogP contribution in [0.4, 0.5) is 0 Å². The maximum atomic E-state index is 12.8. The highest BCUT2D eigenvalue weighted by molar-refractivity contribution is 7.86. The molecule has 124 valence electrons. The summed E-state index contributed by atoms with van der Waals surface area (Å²) in [4.78, 5) is 0. The Labute approximate surface area is 129 Å². The van der Waals surface area contributed by atoms with E-state index in [-0.39, 0.29) is 12.1 Å². The van der Waals surface area contributed by atoms with E-state index in [1.807, 2.05) is 13.8 Å². The topological polar surface area (TPSA) is 61.9 Å². The minimum absolute atomic E-state index is 0.0257. The van der Waals surface area contributed by atoms with Crippen LogP contribution in [-0.2, 0) is 14.9 Å². The molecule has 0 aromatic heterocycles. The summed E-state index contributed by atoms with van der Waals surface area (Å²) >= 11 is 0. The van der Waals surface area contributed by atoms with Gasteiger partial charge in [-0.1, -0.05) is 6.92 Å². The first-order valence-electron chi connectivity index (χ1n) is 8.04. The highest BCUT2D eigenvalue weighted by Gasteiger charge is 2.38.